The Morgan fingerprint density at radius 1 is 1.57 bits per heavy atom. The van der Waals surface area contributed by atoms with Crippen LogP contribution in [0.5, 0.6) is 0 Å². The number of hydrogen-bond donors (Lipinski definition) is 3. The van der Waals surface area contributed by atoms with E-state index in [0.29, 0.717) is 31.0 Å². The van der Waals surface area contributed by atoms with Crippen LogP contribution in [-0.4, -0.2) is 58.7 Å². The molecule has 0 bridgehead atoms. The third kappa shape index (κ3) is 6.50. The summed E-state index contributed by atoms with van der Waals surface area (Å²) in [4.78, 5) is 22.8. The van der Waals surface area contributed by atoms with Crippen LogP contribution in [0.1, 0.15) is 6.42 Å². The fourth-order valence-corrected chi connectivity index (χ4v) is 2.03. The minimum Gasteiger partial charge on any atom is -0.480 e. The van der Waals surface area contributed by atoms with Crippen LogP contribution >= 0.6 is 11.8 Å². The van der Waals surface area contributed by atoms with E-state index in [9.17, 15) is 9.59 Å². The van der Waals surface area contributed by atoms with E-state index in [4.69, 9.17) is 9.84 Å². The lowest BCUT2D eigenvalue weighted by Gasteiger charge is -2.13. The summed E-state index contributed by atoms with van der Waals surface area (Å²) in [5.41, 5.74) is 0.498. The van der Waals surface area contributed by atoms with Crippen molar-refractivity contribution in [2.75, 3.05) is 31.0 Å². The van der Waals surface area contributed by atoms with Gasteiger partial charge in [-0.05, 0) is 18.4 Å². The summed E-state index contributed by atoms with van der Waals surface area (Å²) in [6.45, 7) is 1.09. The molecule has 118 valence electrons. The van der Waals surface area contributed by atoms with Crippen molar-refractivity contribution in [3.63, 3.8) is 0 Å². The molecule has 1 rings (SSSR count). The largest absolute Gasteiger partial charge is 0.480 e. The van der Waals surface area contributed by atoms with Gasteiger partial charge >= 0.3 is 12.0 Å². The van der Waals surface area contributed by atoms with E-state index < -0.39 is 18.0 Å². The maximum atomic E-state index is 11.8. The molecule has 0 aliphatic rings. The molecule has 1 aromatic heterocycles. The van der Waals surface area contributed by atoms with E-state index in [-0.39, 0.29) is 0 Å². The number of carboxylic acid groups (broad SMARTS) is 1. The highest BCUT2D eigenvalue weighted by Gasteiger charge is 2.19. The third-order valence-corrected chi connectivity index (χ3v) is 3.27. The molecular formula is C12H20N4O4S. The lowest BCUT2D eigenvalue weighted by molar-refractivity contribution is -0.139. The van der Waals surface area contributed by atoms with Gasteiger partial charge in [-0.15, -0.1) is 0 Å². The van der Waals surface area contributed by atoms with Gasteiger partial charge in [-0.2, -0.15) is 16.9 Å². The van der Waals surface area contributed by atoms with Crippen LogP contribution in [0.2, 0.25) is 0 Å². The van der Waals surface area contributed by atoms with Crippen molar-refractivity contribution in [3.8, 4) is 0 Å². The van der Waals surface area contributed by atoms with E-state index in [1.54, 1.807) is 18.0 Å². The minimum absolute atomic E-state index is 0.372. The van der Waals surface area contributed by atoms with E-state index in [1.165, 1.54) is 18.0 Å². The molecule has 1 atom stereocenters. The highest BCUT2D eigenvalue weighted by molar-refractivity contribution is 7.98. The Balaban J connectivity index is 2.47. The topological polar surface area (TPSA) is 105 Å². The molecule has 21 heavy (non-hydrogen) atoms. The first-order valence-electron chi connectivity index (χ1n) is 6.37. The van der Waals surface area contributed by atoms with Gasteiger partial charge in [0.2, 0.25) is 0 Å². The number of thioether (sulfide) groups is 1. The summed E-state index contributed by atoms with van der Waals surface area (Å²) >= 11 is 1.53. The van der Waals surface area contributed by atoms with Crippen molar-refractivity contribution in [1.29, 1.82) is 0 Å². The molecule has 0 radical (unpaired) electrons. The Morgan fingerprint density at radius 3 is 2.95 bits per heavy atom. The number of carboxylic acids is 1. The summed E-state index contributed by atoms with van der Waals surface area (Å²) in [6.07, 6.45) is 5.40. The third-order valence-electron chi connectivity index (χ3n) is 2.63. The number of nitrogens with zero attached hydrogens (tertiary/aromatic N) is 2. The summed E-state index contributed by atoms with van der Waals surface area (Å²) in [5.74, 6) is -0.387. The number of carbonyl (C=O) groups excluding carboxylic acids is 1. The molecule has 9 heteroatoms. The van der Waals surface area contributed by atoms with Gasteiger partial charge in [-0.1, -0.05) is 0 Å². The number of ether oxygens (including phenoxy) is 1. The van der Waals surface area contributed by atoms with E-state index in [0.717, 1.165) is 0 Å². The van der Waals surface area contributed by atoms with Gasteiger partial charge < -0.3 is 20.5 Å². The van der Waals surface area contributed by atoms with Crippen LogP contribution in [0, 0.1) is 0 Å². The van der Waals surface area contributed by atoms with Crippen molar-refractivity contribution in [3.05, 3.63) is 12.4 Å². The molecule has 8 nitrogen and oxygen atoms in total. The number of aromatic nitrogens is 2. The van der Waals surface area contributed by atoms with Gasteiger partial charge in [0, 0.05) is 13.3 Å². The number of carbonyl (C=O) groups is 2. The molecule has 2 amide bonds. The van der Waals surface area contributed by atoms with Crippen LogP contribution in [0.15, 0.2) is 12.4 Å². The number of methoxy groups -OCH3 is 1. The number of urea groups is 1. The average Bonchev–Trinajstić information content (AvgIpc) is 2.88. The van der Waals surface area contributed by atoms with Crippen molar-refractivity contribution >= 4 is 29.4 Å². The minimum atomic E-state index is -1.05. The van der Waals surface area contributed by atoms with Crippen molar-refractivity contribution < 1.29 is 19.4 Å². The summed E-state index contributed by atoms with van der Waals surface area (Å²) < 4.78 is 6.55. The quantitative estimate of drug-likeness (QED) is 0.624. The smallest absolute Gasteiger partial charge is 0.326 e. The molecule has 0 saturated carbocycles. The number of amides is 2. The number of hydrogen-bond acceptors (Lipinski definition) is 5. The predicted octanol–water partition coefficient (Wildman–Crippen LogP) is 0.857. The normalized spacial score (nSPS) is 11.9. The van der Waals surface area contributed by atoms with Crippen LogP contribution in [0.4, 0.5) is 10.5 Å². The summed E-state index contributed by atoms with van der Waals surface area (Å²) in [5, 5.41) is 18.1. The van der Waals surface area contributed by atoms with Gasteiger partial charge in [-0.25, -0.2) is 9.59 Å². The van der Waals surface area contributed by atoms with E-state index in [1.807, 2.05) is 6.26 Å². The number of rotatable bonds is 9. The summed E-state index contributed by atoms with van der Waals surface area (Å²) in [7, 11) is 1.59. The second-order valence-electron chi connectivity index (χ2n) is 4.26. The molecule has 0 spiro atoms. The van der Waals surface area contributed by atoms with Crippen LogP contribution in [0.25, 0.3) is 0 Å². The zero-order valence-corrected chi connectivity index (χ0v) is 12.9. The standard InChI is InChI=1S/C12H20N4O4S/c1-20-5-4-16-8-9(7-13-16)14-12(19)15-10(11(17)18)3-6-21-2/h7-8,10H,3-6H2,1-2H3,(H,17,18)(H2,14,15,19). The predicted molar refractivity (Wildman–Crippen MR) is 80.7 cm³/mol. The first-order valence-corrected chi connectivity index (χ1v) is 7.77. The zero-order valence-electron chi connectivity index (χ0n) is 12.0. The Bertz CT molecular complexity index is 466. The lowest BCUT2D eigenvalue weighted by atomic mass is 10.2. The fraction of sp³-hybridized carbons (Fsp3) is 0.583. The SMILES string of the molecule is COCCn1cc(NC(=O)NC(CCSC)C(=O)O)cn1. The Kier molecular flexibility index (Phi) is 7.62. The highest BCUT2D eigenvalue weighted by atomic mass is 32.2. The van der Waals surface area contributed by atoms with Gasteiger partial charge in [0.1, 0.15) is 6.04 Å². The second-order valence-corrected chi connectivity index (χ2v) is 5.24. The highest BCUT2D eigenvalue weighted by Crippen LogP contribution is 2.06. The molecule has 0 aromatic carbocycles. The van der Waals surface area contributed by atoms with Crippen LogP contribution < -0.4 is 10.6 Å². The van der Waals surface area contributed by atoms with Gasteiger partial charge in [0.25, 0.3) is 0 Å². The van der Waals surface area contributed by atoms with Gasteiger partial charge in [-0.3, -0.25) is 4.68 Å². The maximum Gasteiger partial charge on any atom is 0.326 e. The van der Waals surface area contributed by atoms with Crippen molar-refractivity contribution in [2.45, 2.75) is 19.0 Å². The average molecular weight is 316 g/mol. The molecule has 1 unspecified atom stereocenters. The first kappa shape index (κ1) is 17.3. The molecule has 3 N–H and O–H groups in total. The molecule has 0 aliphatic carbocycles. The van der Waals surface area contributed by atoms with Gasteiger partial charge in [0.15, 0.2) is 0 Å². The maximum absolute atomic E-state index is 11.8. The molecule has 1 aromatic rings. The molecule has 0 aliphatic heterocycles. The first-order chi connectivity index (χ1) is 10.1. The van der Waals surface area contributed by atoms with Crippen molar-refractivity contribution in [2.24, 2.45) is 0 Å². The number of nitrogens with one attached hydrogen (secondary N) is 2. The Hall–Kier alpha value is -1.74. The van der Waals surface area contributed by atoms with E-state index >= 15 is 0 Å². The Labute approximate surface area is 127 Å². The fourth-order valence-electron chi connectivity index (χ4n) is 1.55. The molecule has 1 heterocycles. The summed E-state index contributed by atoms with van der Waals surface area (Å²) in [6, 6.07) is -1.46. The molecule has 0 fully saturated rings. The zero-order chi connectivity index (χ0) is 15.7. The number of anilines is 1. The monoisotopic (exact) mass is 316 g/mol. The molecule has 0 saturated heterocycles. The number of aliphatic carboxylic acids is 1. The van der Waals surface area contributed by atoms with Gasteiger partial charge in [0.05, 0.1) is 25.0 Å². The Morgan fingerprint density at radius 2 is 2.33 bits per heavy atom. The van der Waals surface area contributed by atoms with Crippen LogP contribution in [0.3, 0.4) is 0 Å². The van der Waals surface area contributed by atoms with Crippen LogP contribution in [-0.2, 0) is 16.1 Å². The second kappa shape index (κ2) is 9.24. The van der Waals surface area contributed by atoms with Crippen molar-refractivity contribution in [1.82, 2.24) is 15.1 Å². The molecular weight excluding hydrogens is 296 g/mol. The van der Waals surface area contributed by atoms with E-state index in [2.05, 4.69) is 15.7 Å². The lowest BCUT2D eigenvalue weighted by Crippen LogP contribution is -2.43.